The van der Waals surface area contributed by atoms with Gasteiger partial charge < -0.3 is 10.6 Å². The van der Waals surface area contributed by atoms with Crippen LogP contribution in [-0.2, 0) is 11.3 Å². The Morgan fingerprint density at radius 2 is 1.67 bits per heavy atom. The lowest BCUT2D eigenvalue weighted by Crippen LogP contribution is -2.22. The van der Waals surface area contributed by atoms with E-state index in [2.05, 4.69) is 15.6 Å². The van der Waals surface area contributed by atoms with Gasteiger partial charge in [0.1, 0.15) is 5.82 Å². The summed E-state index contributed by atoms with van der Waals surface area (Å²) in [5, 5.41) is 6.28. The smallest absolute Gasteiger partial charge is 0.251 e. The average Bonchev–Trinajstić information content (AvgIpc) is 3.32. The molecule has 0 fully saturated rings. The van der Waals surface area contributed by atoms with Crippen molar-refractivity contribution in [2.75, 3.05) is 11.1 Å². The Balaban J connectivity index is 1.34. The maximum atomic E-state index is 13.0. The molecule has 0 atom stereocenters. The number of nitrogens with one attached hydrogen (secondary N) is 2. The highest BCUT2D eigenvalue weighted by atomic mass is 32.2. The molecule has 0 aliphatic heterocycles. The quantitative estimate of drug-likeness (QED) is 0.375. The molecule has 166 valence electrons. The summed E-state index contributed by atoms with van der Waals surface area (Å²) in [6.45, 7) is 0.462. The number of imidazole rings is 1. The van der Waals surface area contributed by atoms with Gasteiger partial charge in [0.15, 0.2) is 5.16 Å². The van der Waals surface area contributed by atoms with Crippen molar-refractivity contribution in [1.82, 2.24) is 14.9 Å². The summed E-state index contributed by atoms with van der Waals surface area (Å²) in [4.78, 5) is 29.0. The molecule has 6 nitrogen and oxygen atoms in total. The number of halogens is 1. The van der Waals surface area contributed by atoms with Crippen LogP contribution in [0, 0.1) is 5.82 Å². The number of amides is 2. The number of hydrogen-bond acceptors (Lipinski definition) is 4. The van der Waals surface area contributed by atoms with Crippen molar-refractivity contribution < 1.29 is 14.0 Å². The van der Waals surface area contributed by atoms with E-state index in [0.717, 1.165) is 11.3 Å². The van der Waals surface area contributed by atoms with Crippen LogP contribution in [0.2, 0.25) is 0 Å². The second-order valence-electron chi connectivity index (χ2n) is 7.14. The Labute approximate surface area is 194 Å². The monoisotopic (exact) mass is 460 g/mol. The normalized spacial score (nSPS) is 10.6. The van der Waals surface area contributed by atoms with Crippen LogP contribution in [0.3, 0.4) is 0 Å². The molecule has 0 saturated heterocycles. The second-order valence-corrected chi connectivity index (χ2v) is 8.08. The summed E-state index contributed by atoms with van der Waals surface area (Å²) in [7, 11) is 0. The fraction of sp³-hybridized carbons (Fsp3) is 0.0800. The van der Waals surface area contributed by atoms with Gasteiger partial charge in [0, 0.05) is 35.9 Å². The number of rotatable bonds is 8. The van der Waals surface area contributed by atoms with Crippen LogP contribution in [0.15, 0.2) is 96.4 Å². The van der Waals surface area contributed by atoms with Crippen LogP contribution in [-0.4, -0.2) is 27.1 Å². The molecule has 0 unspecified atom stereocenters. The summed E-state index contributed by atoms with van der Waals surface area (Å²) in [5.41, 5.74) is 2.95. The van der Waals surface area contributed by atoms with E-state index in [9.17, 15) is 14.0 Å². The van der Waals surface area contributed by atoms with E-state index in [1.165, 1.54) is 36.0 Å². The molecule has 0 bridgehead atoms. The van der Waals surface area contributed by atoms with E-state index in [4.69, 9.17) is 0 Å². The Hall–Kier alpha value is -3.91. The van der Waals surface area contributed by atoms with Crippen molar-refractivity contribution in [2.45, 2.75) is 11.7 Å². The molecule has 2 N–H and O–H groups in total. The molecule has 0 aliphatic carbocycles. The van der Waals surface area contributed by atoms with E-state index in [1.807, 2.05) is 47.0 Å². The fourth-order valence-electron chi connectivity index (χ4n) is 3.11. The number of thioether (sulfide) groups is 1. The maximum Gasteiger partial charge on any atom is 0.251 e. The van der Waals surface area contributed by atoms with E-state index >= 15 is 0 Å². The number of benzene rings is 3. The first-order valence-corrected chi connectivity index (χ1v) is 11.2. The van der Waals surface area contributed by atoms with Crippen molar-refractivity contribution in [3.05, 3.63) is 108 Å². The summed E-state index contributed by atoms with van der Waals surface area (Å²) in [5.74, 6) is -0.576. The second kappa shape index (κ2) is 10.6. The summed E-state index contributed by atoms with van der Waals surface area (Å²) >= 11 is 1.28. The molecule has 3 aromatic carbocycles. The Bertz CT molecular complexity index is 1230. The highest BCUT2D eigenvalue weighted by Crippen LogP contribution is 2.21. The molecular weight excluding hydrogens is 439 g/mol. The fourth-order valence-corrected chi connectivity index (χ4v) is 3.88. The summed E-state index contributed by atoms with van der Waals surface area (Å²) < 4.78 is 14.8. The average molecular weight is 461 g/mol. The molecule has 0 saturated carbocycles. The van der Waals surface area contributed by atoms with Gasteiger partial charge in [0.05, 0.1) is 5.75 Å². The number of anilines is 1. The number of hydrogen-bond donors (Lipinski definition) is 2. The molecule has 4 aromatic rings. The van der Waals surface area contributed by atoms with E-state index in [1.54, 1.807) is 24.5 Å². The number of carbonyl (C=O) groups excluding carboxylic acids is 2. The van der Waals surface area contributed by atoms with Crippen molar-refractivity contribution in [2.24, 2.45) is 0 Å². The molecular formula is C25H21FN4O2S. The zero-order valence-electron chi connectivity index (χ0n) is 17.6. The van der Waals surface area contributed by atoms with Gasteiger partial charge in [-0.3, -0.25) is 14.2 Å². The van der Waals surface area contributed by atoms with Crippen molar-refractivity contribution in [3.8, 4) is 5.69 Å². The van der Waals surface area contributed by atoms with Gasteiger partial charge in [-0.1, -0.05) is 42.1 Å². The molecule has 0 spiro atoms. The molecule has 2 amide bonds. The van der Waals surface area contributed by atoms with Crippen molar-refractivity contribution in [1.29, 1.82) is 0 Å². The summed E-state index contributed by atoms with van der Waals surface area (Å²) in [6, 6.07) is 22.5. The van der Waals surface area contributed by atoms with Gasteiger partial charge in [-0.05, 0) is 54.1 Å². The first-order valence-electron chi connectivity index (χ1n) is 10.2. The topological polar surface area (TPSA) is 76.0 Å². The predicted molar refractivity (Wildman–Crippen MR) is 127 cm³/mol. The van der Waals surface area contributed by atoms with Crippen LogP contribution in [0.25, 0.3) is 5.69 Å². The van der Waals surface area contributed by atoms with Gasteiger partial charge in [0.2, 0.25) is 5.91 Å². The molecule has 1 heterocycles. The first-order chi connectivity index (χ1) is 16.1. The van der Waals surface area contributed by atoms with Gasteiger partial charge in [-0.25, -0.2) is 9.37 Å². The zero-order valence-corrected chi connectivity index (χ0v) is 18.4. The van der Waals surface area contributed by atoms with Crippen LogP contribution >= 0.6 is 11.8 Å². The third-order valence-corrected chi connectivity index (χ3v) is 5.74. The molecule has 1 aromatic heterocycles. The lowest BCUT2D eigenvalue weighted by Gasteiger charge is -2.10. The Morgan fingerprint density at radius 3 is 2.39 bits per heavy atom. The largest absolute Gasteiger partial charge is 0.348 e. The Morgan fingerprint density at radius 1 is 0.939 bits per heavy atom. The van der Waals surface area contributed by atoms with E-state index in [0.29, 0.717) is 23.0 Å². The standard InChI is InChI=1S/C25H21FN4O2S/c26-20-8-10-21(11-9-20)29-23(31)17-33-25-27-14-15-30(25)22-12-6-19(7-13-22)24(32)28-16-18-4-2-1-3-5-18/h1-15H,16-17H2,(H,28,32)(H,29,31). The van der Waals surface area contributed by atoms with E-state index < -0.39 is 0 Å². The van der Waals surface area contributed by atoms with Gasteiger partial charge in [-0.15, -0.1) is 0 Å². The maximum absolute atomic E-state index is 13.0. The minimum absolute atomic E-state index is 0.147. The van der Waals surface area contributed by atoms with Gasteiger partial charge in [0.25, 0.3) is 5.91 Å². The molecule has 0 radical (unpaired) electrons. The lowest BCUT2D eigenvalue weighted by atomic mass is 10.1. The minimum Gasteiger partial charge on any atom is -0.348 e. The predicted octanol–water partition coefficient (Wildman–Crippen LogP) is 4.67. The molecule has 33 heavy (non-hydrogen) atoms. The molecule has 8 heteroatoms. The lowest BCUT2D eigenvalue weighted by molar-refractivity contribution is -0.113. The highest BCUT2D eigenvalue weighted by Gasteiger charge is 2.11. The van der Waals surface area contributed by atoms with Crippen LogP contribution in [0.4, 0.5) is 10.1 Å². The third kappa shape index (κ3) is 6.08. The number of aromatic nitrogens is 2. The summed E-state index contributed by atoms with van der Waals surface area (Å²) in [6.07, 6.45) is 3.45. The highest BCUT2D eigenvalue weighted by molar-refractivity contribution is 7.99. The minimum atomic E-state index is -0.357. The van der Waals surface area contributed by atoms with Gasteiger partial charge in [-0.2, -0.15) is 0 Å². The molecule has 0 aliphatic rings. The molecule has 4 rings (SSSR count). The van der Waals surface area contributed by atoms with Gasteiger partial charge >= 0.3 is 0 Å². The van der Waals surface area contributed by atoms with Crippen molar-refractivity contribution in [3.63, 3.8) is 0 Å². The van der Waals surface area contributed by atoms with E-state index in [-0.39, 0.29) is 23.4 Å². The third-order valence-electron chi connectivity index (χ3n) is 4.77. The van der Waals surface area contributed by atoms with Crippen LogP contribution in [0.5, 0.6) is 0 Å². The SMILES string of the molecule is O=C(CSc1nccn1-c1ccc(C(=O)NCc2ccccc2)cc1)Nc1ccc(F)cc1. The zero-order chi connectivity index (χ0) is 23.0. The van der Waals surface area contributed by atoms with Crippen molar-refractivity contribution >= 4 is 29.3 Å². The van der Waals surface area contributed by atoms with Crippen LogP contribution < -0.4 is 10.6 Å². The number of nitrogens with zero attached hydrogens (tertiary/aromatic N) is 2. The van der Waals surface area contributed by atoms with Crippen LogP contribution in [0.1, 0.15) is 15.9 Å². The Kier molecular flexibility index (Phi) is 7.16. The first kappa shape index (κ1) is 22.3. The number of carbonyl (C=O) groups is 2.